The van der Waals surface area contributed by atoms with Crippen LogP contribution in [0.3, 0.4) is 0 Å². The Kier molecular flexibility index (Phi) is 3.96. The maximum Gasteiger partial charge on any atom is 0.0930 e. The molecule has 0 aliphatic rings. The first-order valence-electron chi connectivity index (χ1n) is 5.09. The lowest BCUT2D eigenvalue weighted by Crippen LogP contribution is -2.22. The first-order chi connectivity index (χ1) is 8.13. The normalized spacial score (nSPS) is 12.7. The predicted octanol–water partition coefficient (Wildman–Crippen LogP) is 2.65. The number of hydrogen-bond donors (Lipinski definition) is 1. The van der Waals surface area contributed by atoms with Gasteiger partial charge in [-0.05, 0) is 51.0 Å². The van der Waals surface area contributed by atoms with Crippen molar-refractivity contribution in [1.29, 1.82) is 0 Å². The highest BCUT2D eigenvalue weighted by Gasteiger charge is 2.19. The van der Waals surface area contributed by atoms with E-state index in [1.165, 1.54) is 0 Å². The minimum absolute atomic E-state index is 0.0185. The lowest BCUT2D eigenvalue weighted by Gasteiger charge is -2.17. The average Bonchev–Trinajstić information content (AvgIpc) is 2.69. The van der Waals surface area contributed by atoms with Crippen LogP contribution in [0.25, 0.3) is 0 Å². The molecule has 0 bridgehead atoms. The van der Waals surface area contributed by atoms with Gasteiger partial charge in [0.2, 0.25) is 0 Å². The second kappa shape index (κ2) is 5.29. The Morgan fingerprint density at radius 2 is 2.18 bits per heavy atom. The highest BCUT2D eigenvalue weighted by Crippen LogP contribution is 2.28. The number of halogens is 2. The molecule has 1 unspecified atom stereocenters. The van der Waals surface area contributed by atoms with Crippen molar-refractivity contribution in [2.24, 2.45) is 7.05 Å². The third-order valence-electron chi connectivity index (χ3n) is 2.55. The van der Waals surface area contributed by atoms with E-state index in [1.54, 1.807) is 12.4 Å². The lowest BCUT2D eigenvalue weighted by atomic mass is 10.1. The van der Waals surface area contributed by atoms with Crippen molar-refractivity contribution in [2.45, 2.75) is 6.04 Å². The van der Waals surface area contributed by atoms with Crippen LogP contribution in [-0.2, 0) is 7.05 Å². The number of aromatic nitrogens is 3. The van der Waals surface area contributed by atoms with Crippen LogP contribution < -0.4 is 5.32 Å². The molecule has 0 radical (unpaired) electrons. The van der Waals surface area contributed by atoms with Gasteiger partial charge < -0.3 is 5.32 Å². The zero-order valence-electron chi connectivity index (χ0n) is 9.48. The summed E-state index contributed by atoms with van der Waals surface area (Å²) < 4.78 is 3.76. The molecule has 2 heterocycles. The molecule has 0 aliphatic heterocycles. The van der Waals surface area contributed by atoms with Crippen molar-refractivity contribution in [3.8, 4) is 0 Å². The summed E-state index contributed by atoms with van der Waals surface area (Å²) in [4.78, 5) is 4.45. The number of nitrogens with one attached hydrogen (secondary N) is 1. The molecule has 17 heavy (non-hydrogen) atoms. The molecule has 0 aromatic carbocycles. The quantitative estimate of drug-likeness (QED) is 0.916. The molecule has 4 nitrogen and oxygen atoms in total. The van der Waals surface area contributed by atoms with Gasteiger partial charge in [-0.1, -0.05) is 0 Å². The monoisotopic (exact) mass is 358 g/mol. The smallest absolute Gasteiger partial charge is 0.0930 e. The van der Waals surface area contributed by atoms with E-state index in [0.29, 0.717) is 0 Å². The van der Waals surface area contributed by atoms with Gasteiger partial charge in [0.05, 0.1) is 17.4 Å². The second-order valence-corrected chi connectivity index (χ2v) is 5.39. The predicted molar refractivity (Wildman–Crippen MR) is 73.7 cm³/mol. The largest absolute Gasteiger partial charge is 0.307 e. The number of hydrogen-bond acceptors (Lipinski definition) is 3. The van der Waals surface area contributed by atoms with Crippen molar-refractivity contribution in [2.75, 3.05) is 7.05 Å². The second-order valence-electron chi connectivity index (χ2n) is 3.62. The van der Waals surface area contributed by atoms with Gasteiger partial charge in [0.1, 0.15) is 0 Å². The van der Waals surface area contributed by atoms with E-state index < -0.39 is 0 Å². The summed E-state index contributed by atoms with van der Waals surface area (Å²) >= 11 is 6.94. The first-order valence-corrected chi connectivity index (χ1v) is 6.68. The molecular weight excluding hydrogens is 348 g/mol. The summed E-state index contributed by atoms with van der Waals surface area (Å²) in [5.74, 6) is 0. The van der Waals surface area contributed by atoms with Crippen LogP contribution >= 0.6 is 31.9 Å². The molecule has 0 saturated carbocycles. The van der Waals surface area contributed by atoms with Crippen LogP contribution in [0.5, 0.6) is 0 Å². The Morgan fingerprint density at radius 1 is 1.41 bits per heavy atom. The Balaban J connectivity index is 2.46. The third-order valence-corrected chi connectivity index (χ3v) is 3.62. The van der Waals surface area contributed by atoms with Crippen LogP contribution in [-0.4, -0.2) is 21.8 Å². The molecule has 0 spiro atoms. The molecule has 0 aliphatic carbocycles. The van der Waals surface area contributed by atoms with E-state index in [1.807, 2.05) is 30.9 Å². The van der Waals surface area contributed by atoms with E-state index in [-0.39, 0.29) is 6.04 Å². The molecule has 0 fully saturated rings. The molecule has 0 saturated heterocycles. The van der Waals surface area contributed by atoms with Crippen LogP contribution in [0.4, 0.5) is 0 Å². The highest BCUT2D eigenvalue weighted by molar-refractivity contribution is 9.11. The van der Waals surface area contributed by atoms with Gasteiger partial charge in [-0.3, -0.25) is 9.67 Å². The molecule has 2 aromatic heterocycles. The van der Waals surface area contributed by atoms with E-state index in [2.05, 4.69) is 47.3 Å². The number of rotatable bonds is 3. The van der Waals surface area contributed by atoms with E-state index >= 15 is 0 Å². The van der Waals surface area contributed by atoms with Gasteiger partial charge >= 0.3 is 0 Å². The summed E-state index contributed by atoms with van der Waals surface area (Å²) in [6, 6.07) is 3.99. The molecule has 1 atom stereocenters. The third kappa shape index (κ3) is 2.59. The van der Waals surface area contributed by atoms with Crippen LogP contribution in [0.2, 0.25) is 0 Å². The Bertz CT molecular complexity index is 524. The van der Waals surface area contributed by atoms with Crippen LogP contribution in [0.15, 0.2) is 33.5 Å². The maximum absolute atomic E-state index is 4.45. The molecule has 6 heteroatoms. The molecular formula is C11H12Br2N4. The topological polar surface area (TPSA) is 42.7 Å². The van der Waals surface area contributed by atoms with Gasteiger partial charge in [-0.25, -0.2) is 0 Å². The van der Waals surface area contributed by atoms with Crippen LogP contribution in [0.1, 0.15) is 17.4 Å². The number of nitrogens with zero attached hydrogens (tertiary/aromatic N) is 3. The minimum atomic E-state index is 0.0185. The first kappa shape index (κ1) is 12.7. The molecule has 1 N–H and O–H groups in total. The molecule has 2 rings (SSSR count). The highest BCUT2D eigenvalue weighted by atomic mass is 79.9. The number of aryl methyl sites for hydroxylation is 1. The van der Waals surface area contributed by atoms with Crippen molar-refractivity contribution in [1.82, 2.24) is 20.1 Å². The zero-order chi connectivity index (χ0) is 12.4. The van der Waals surface area contributed by atoms with E-state index in [9.17, 15) is 0 Å². The Labute approximate surface area is 117 Å². The Hall–Kier alpha value is -0.720. The van der Waals surface area contributed by atoms with E-state index in [0.717, 1.165) is 20.3 Å². The summed E-state index contributed by atoms with van der Waals surface area (Å²) in [6.07, 6.45) is 3.58. The van der Waals surface area contributed by atoms with E-state index in [4.69, 9.17) is 0 Å². The fourth-order valence-electron chi connectivity index (χ4n) is 1.73. The van der Waals surface area contributed by atoms with Crippen molar-refractivity contribution in [3.63, 3.8) is 0 Å². The fourth-order valence-corrected chi connectivity index (χ4v) is 2.95. The average molecular weight is 360 g/mol. The van der Waals surface area contributed by atoms with Gasteiger partial charge in [-0.2, -0.15) is 5.10 Å². The van der Waals surface area contributed by atoms with Gasteiger partial charge in [0.25, 0.3) is 0 Å². The van der Waals surface area contributed by atoms with Gasteiger partial charge in [-0.15, -0.1) is 0 Å². The molecule has 90 valence electrons. The fraction of sp³-hybridized carbons (Fsp3) is 0.273. The summed E-state index contributed by atoms with van der Waals surface area (Å²) in [6.45, 7) is 0. The standard InChI is InChI=1S/C11H12Br2N4/c1-14-11(9-3-4-16-17(9)2)10-8(13)5-7(12)6-15-10/h3-6,11,14H,1-2H3. The molecule has 2 aromatic rings. The summed E-state index contributed by atoms with van der Waals surface area (Å²) in [5.41, 5.74) is 2.02. The maximum atomic E-state index is 4.45. The zero-order valence-corrected chi connectivity index (χ0v) is 12.7. The van der Waals surface area contributed by atoms with Gasteiger partial charge in [0, 0.05) is 28.4 Å². The summed E-state index contributed by atoms with van der Waals surface area (Å²) in [5, 5.41) is 7.44. The lowest BCUT2D eigenvalue weighted by molar-refractivity contribution is 0.592. The minimum Gasteiger partial charge on any atom is -0.307 e. The van der Waals surface area contributed by atoms with Crippen LogP contribution in [0, 0.1) is 0 Å². The van der Waals surface area contributed by atoms with Crippen molar-refractivity contribution >= 4 is 31.9 Å². The SMILES string of the molecule is CNC(c1ncc(Br)cc1Br)c1ccnn1C. The van der Waals surface area contributed by atoms with Crippen molar-refractivity contribution in [3.05, 3.63) is 44.9 Å². The van der Waals surface area contributed by atoms with Gasteiger partial charge in [0.15, 0.2) is 0 Å². The Morgan fingerprint density at radius 3 is 2.71 bits per heavy atom. The summed E-state index contributed by atoms with van der Waals surface area (Å²) in [7, 11) is 3.83. The molecule has 0 amide bonds. The van der Waals surface area contributed by atoms with Crippen molar-refractivity contribution < 1.29 is 0 Å². The number of pyridine rings is 1.